The maximum absolute atomic E-state index is 12.4. The van der Waals surface area contributed by atoms with Gasteiger partial charge in [-0.25, -0.2) is 0 Å². The largest absolute Gasteiger partial charge is 0.494 e. The van der Waals surface area contributed by atoms with Crippen LogP contribution in [0.1, 0.15) is 21.5 Å². The molecule has 156 valence electrons. The smallest absolute Gasteiger partial charge is 0.255 e. The third-order valence-corrected chi connectivity index (χ3v) is 5.61. The zero-order chi connectivity index (χ0) is 21.6. The monoisotopic (exact) mass is 431 g/mol. The number of hydrogen-bond donors (Lipinski definition) is 1. The van der Waals surface area contributed by atoms with Crippen LogP contribution < -0.4 is 10.1 Å². The average Bonchev–Trinajstić information content (AvgIpc) is 3.27. The van der Waals surface area contributed by atoms with Gasteiger partial charge >= 0.3 is 0 Å². The Bertz CT molecular complexity index is 1180. The van der Waals surface area contributed by atoms with Crippen LogP contribution in [0.15, 0.2) is 78.0 Å². The minimum Gasteiger partial charge on any atom is -0.494 e. The Morgan fingerprint density at radius 3 is 2.58 bits per heavy atom. The molecule has 3 aromatic carbocycles. The lowest BCUT2D eigenvalue weighted by atomic mass is 10.1. The lowest BCUT2D eigenvalue weighted by molar-refractivity contribution is 0.102. The van der Waals surface area contributed by atoms with Crippen molar-refractivity contribution in [3.05, 3.63) is 89.5 Å². The maximum atomic E-state index is 12.4. The van der Waals surface area contributed by atoms with Gasteiger partial charge in [0.15, 0.2) is 0 Å². The molecular formula is C23H21N5O2S. The van der Waals surface area contributed by atoms with E-state index in [1.165, 1.54) is 11.8 Å². The second-order valence-electron chi connectivity index (χ2n) is 6.85. The van der Waals surface area contributed by atoms with Crippen molar-refractivity contribution in [1.29, 1.82) is 0 Å². The quantitative estimate of drug-likeness (QED) is 0.433. The molecule has 0 fully saturated rings. The van der Waals surface area contributed by atoms with Crippen LogP contribution in [-0.2, 0) is 5.75 Å². The lowest BCUT2D eigenvalue weighted by Gasteiger charge is -2.10. The van der Waals surface area contributed by atoms with E-state index in [2.05, 4.69) is 20.8 Å². The molecular weight excluding hydrogens is 410 g/mol. The number of carbonyl (C=O) groups is 1. The number of nitrogens with zero attached hydrogens (tertiary/aromatic N) is 4. The molecule has 1 N–H and O–H groups in total. The number of nitrogens with one attached hydrogen (secondary N) is 1. The normalized spacial score (nSPS) is 10.6. The topological polar surface area (TPSA) is 81.9 Å². The highest BCUT2D eigenvalue weighted by molar-refractivity contribution is 7.98. The molecule has 4 rings (SSSR count). The van der Waals surface area contributed by atoms with Gasteiger partial charge < -0.3 is 10.1 Å². The van der Waals surface area contributed by atoms with Crippen molar-refractivity contribution in [2.45, 2.75) is 17.8 Å². The number of rotatable bonds is 7. The first kappa shape index (κ1) is 20.6. The van der Waals surface area contributed by atoms with Gasteiger partial charge in [-0.05, 0) is 64.9 Å². The summed E-state index contributed by atoms with van der Waals surface area (Å²) in [5.41, 5.74) is 4.32. The second kappa shape index (κ2) is 9.44. The molecule has 0 unspecified atom stereocenters. The Hall–Kier alpha value is -3.65. The van der Waals surface area contributed by atoms with E-state index >= 15 is 0 Å². The van der Waals surface area contributed by atoms with E-state index in [-0.39, 0.29) is 5.91 Å². The molecule has 8 heteroatoms. The summed E-state index contributed by atoms with van der Waals surface area (Å²) in [5.74, 6) is 1.23. The fourth-order valence-electron chi connectivity index (χ4n) is 3.01. The van der Waals surface area contributed by atoms with Gasteiger partial charge in [-0.2, -0.15) is 4.68 Å². The molecule has 0 atom stereocenters. The van der Waals surface area contributed by atoms with Crippen LogP contribution in [0.3, 0.4) is 0 Å². The first-order valence-corrected chi connectivity index (χ1v) is 10.6. The van der Waals surface area contributed by atoms with Crippen LogP contribution in [0.4, 0.5) is 5.69 Å². The Kier molecular flexibility index (Phi) is 6.28. The number of aromatic nitrogens is 4. The maximum Gasteiger partial charge on any atom is 0.255 e. The molecule has 0 aliphatic heterocycles. The highest BCUT2D eigenvalue weighted by atomic mass is 32.2. The Morgan fingerprint density at radius 1 is 1.06 bits per heavy atom. The van der Waals surface area contributed by atoms with Crippen molar-refractivity contribution in [1.82, 2.24) is 20.2 Å². The minimum atomic E-state index is -0.138. The van der Waals surface area contributed by atoms with Crippen LogP contribution in [0, 0.1) is 6.92 Å². The molecule has 4 aromatic rings. The van der Waals surface area contributed by atoms with Gasteiger partial charge in [0.05, 0.1) is 7.11 Å². The molecule has 31 heavy (non-hydrogen) atoms. The van der Waals surface area contributed by atoms with Crippen LogP contribution >= 0.6 is 11.8 Å². The molecule has 7 nitrogen and oxygen atoms in total. The Morgan fingerprint density at radius 2 is 1.84 bits per heavy atom. The molecule has 0 saturated heterocycles. The van der Waals surface area contributed by atoms with Gasteiger partial charge in [0.2, 0.25) is 5.16 Å². The first-order chi connectivity index (χ1) is 15.1. The van der Waals surface area contributed by atoms with Gasteiger partial charge in [0, 0.05) is 17.0 Å². The first-order valence-electron chi connectivity index (χ1n) is 9.65. The number of ether oxygens (including phenoxy) is 1. The summed E-state index contributed by atoms with van der Waals surface area (Å²) in [6.07, 6.45) is 0. The van der Waals surface area contributed by atoms with Crippen molar-refractivity contribution in [2.75, 3.05) is 12.4 Å². The number of anilines is 1. The standard InChI is InChI=1S/C23H21N5O2S/c1-16-8-13-21(30-2)20(14-16)28-23(25-26-27-28)31-15-17-9-11-18(12-10-17)22(29)24-19-6-4-3-5-7-19/h3-14H,15H2,1-2H3,(H,24,29). The minimum absolute atomic E-state index is 0.138. The van der Waals surface area contributed by atoms with E-state index in [0.29, 0.717) is 22.2 Å². The molecule has 0 radical (unpaired) electrons. The predicted molar refractivity (Wildman–Crippen MR) is 121 cm³/mol. The van der Waals surface area contributed by atoms with E-state index in [9.17, 15) is 4.79 Å². The summed E-state index contributed by atoms with van der Waals surface area (Å²) >= 11 is 1.51. The number of aryl methyl sites for hydroxylation is 1. The number of benzene rings is 3. The highest BCUT2D eigenvalue weighted by Gasteiger charge is 2.14. The zero-order valence-corrected chi connectivity index (χ0v) is 18.0. The van der Waals surface area contributed by atoms with Crippen LogP contribution in [-0.4, -0.2) is 33.2 Å². The third kappa shape index (κ3) is 4.92. The number of tetrazole rings is 1. The highest BCUT2D eigenvalue weighted by Crippen LogP contribution is 2.28. The number of carbonyl (C=O) groups excluding carboxylic acids is 1. The van der Waals surface area contributed by atoms with Crippen molar-refractivity contribution < 1.29 is 9.53 Å². The van der Waals surface area contributed by atoms with Gasteiger partial charge in [-0.15, -0.1) is 5.10 Å². The third-order valence-electron chi connectivity index (χ3n) is 4.62. The van der Waals surface area contributed by atoms with Crippen molar-refractivity contribution >= 4 is 23.4 Å². The summed E-state index contributed by atoms with van der Waals surface area (Å²) in [4.78, 5) is 12.4. The molecule has 1 aromatic heterocycles. The Labute approximate surface area is 184 Å². The number of thioether (sulfide) groups is 1. The van der Waals surface area contributed by atoms with E-state index < -0.39 is 0 Å². The molecule has 0 aliphatic rings. The van der Waals surface area contributed by atoms with Gasteiger partial charge in [-0.1, -0.05) is 48.2 Å². The molecule has 0 spiro atoms. The van der Waals surface area contributed by atoms with Crippen molar-refractivity contribution in [3.8, 4) is 11.4 Å². The summed E-state index contributed by atoms with van der Waals surface area (Å²) in [5, 5.41) is 15.7. The Balaban J connectivity index is 1.44. The summed E-state index contributed by atoms with van der Waals surface area (Å²) in [7, 11) is 1.63. The van der Waals surface area contributed by atoms with Crippen LogP contribution in [0.5, 0.6) is 5.75 Å². The molecule has 0 bridgehead atoms. The summed E-state index contributed by atoms with van der Waals surface area (Å²) in [6.45, 7) is 2.01. The van der Waals surface area contributed by atoms with E-state index in [1.807, 2.05) is 79.7 Å². The zero-order valence-electron chi connectivity index (χ0n) is 17.1. The van der Waals surface area contributed by atoms with Gasteiger partial charge in [0.1, 0.15) is 11.4 Å². The number of amides is 1. The second-order valence-corrected chi connectivity index (χ2v) is 7.80. The van der Waals surface area contributed by atoms with Gasteiger partial charge in [0.25, 0.3) is 5.91 Å². The van der Waals surface area contributed by atoms with Crippen LogP contribution in [0.2, 0.25) is 0 Å². The number of para-hydroxylation sites is 1. The number of methoxy groups -OCH3 is 1. The van der Waals surface area contributed by atoms with Crippen LogP contribution in [0.25, 0.3) is 5.69 Å². The molecule has 1 amide bonds. The fraction of sp³-hybridized carbons (Fsp3) is 0.130. The van der Waals surface area contributed by atoms with E-state index in [4.69, 9.17) is 4.74 Å². The van der Waals surface area contributed by atoms with E-state index in [1.54, 1.807) is 11.8 Å². The van der Waals surface area contributed by atoms with Crippen molar-refractivity contribution in [3.63, 3.8) is 0 Å². The fourth-order valence-corrected chi connectivity index (χ4v) is 3.85. The van der Waals surface area contributed by atoms with Crippen molar-refractivity contribution in [2.24, 2.45) is 0 Å². The molecule has 0 aliphatic carbocycles. The molecule has 1 heterocycles. The lowest BCUT2D eigenvalue weighted by Crippen LogP contribution is -2.11. The summed E-state index contributed by atoms with van der Waals surface area (Å²) in [6, 6.07) is 22.8. The SMILES string of the molecule is COc1ccc(C)cc1-n1nnnc1SCc1ccc(C(=O)Nc2ccccc2)cc1. The molecule has 0 saturated carbocycles. The average molecular weight is 432 g/mol. The summed E-state index contributed by atoms with van der Waals surface area (Å²) < 4.78 is 7.14. The predicted octanol–water partition coefficient (Wildman–Crippen LogP) is 4.52. The van der Waals surface area contributed by atoms with E-state index in [0.717, 1.165) is 22.5 Å². The number of hydrogen-bond acceptors (Lipinski definition) is 6. The van der Waals surface area contributed by atoms with Gasteiger partial charge in [-0.3, -0.25) is 4.79 Å².